The van der Waals surface area contributed by atoms with Gasteiger partial charge in [0.15, 0.2) is 11.6 Å². The van der Waals surface area contributed by atoms with Gasteiger partial charge in [-0.05, 0) is 24.3 Å². The van der Waals surface area contributed by atoms with Gasteiger partial charge in [0.1, 0.15) is 11.9 Å². The minimum atomic E-state index is -0.272. The molecule has 9 nitrogen and oxygen atoms in total. The van der Waals surface area contributed by atoms with Gasteiger partial charge in [-0.15, -0.1) is 10.2 Å². The van der Waals surface area contributed by atoms with Crippen molar-refractivity contribution < 1.29 is 4.79 Å². The van der Waals surface area contributed by atoms with Crippen LogP contribution in [-0.4, -0.2) is 61.3 Å². The highest BCUT2D eigenvalue weighted by molar-refractivity contribution is 5.94. The third kappa shape index (κ3) is 3.31. The van der Waals surface area contributed by atoms with Gasteiger partial charge in [0.25, 0.3) is 11.5 Å². The maximum atomic E-state index is 12.6. The van der Waals surface area contributed by atoms with E-state index in [2.05, 4.69) is 20.1 Å². The molecule has 0 unspecified atom stereocenters. The Bertz CT molecular complexity index is 987. The van der Waals surface area contributed by atoms with Crippen LogP contribution in [0.4, 0.5) is 5.82 Å². The van der Waals surface area contributed by atoms with E-state index < -0.39 is 0 Å². The second-order valence-corrected chi connectivity index (χ2v) is 6.34. The number of hydrogen-bond donors (Lipinski definition) is 0. The lowest BCUT2D eigenvalue weighted by atomic mass is 10.2. The van der Waals surface area contributed by atoms with Crippen LogP contribution in [-0.2, 0) is 7.05 Å². The molecule has 9 heteroatoms. The predicted octanol–water partition coefficient (Wildman–Crippen LogP) is 0.323. The predicted molar refractivity (Wildman–Crippen MR) is 99.0 cm³/mol. The van der Waals surface area contributed by atoms with Crippen LogP contribution in [0.15, 0.2) is 54.0 Å². The minimum Gasteiger partial charge on any atom is -0.352 e. The van der Waals surface area contributed by atoms with Gasteiger partial charge < -0.3 is 14.4 Å². The molecule has 138 valence electrons. The van der Waals surface area contributed by atoms with Crippen molar-refractivity contribution in [3.8, 4) is 5.82 Å². The molecular formula is C18H19N7O2. The van der Waals surface area contributed by atoms with E-state index in [0.29, 0.717) is 32.0 Å². The monoisotopic (exact) mass is 365 g/mol. The number of carbonyl (C=O) groups is 1. The molecular weight excluding hydrogens is 346 g/mol. The molecule has 1 saturated heterocycles. The van der Waals surface area contributed by atoms with Crippen LogP contribution in [0.2, 0.25) is 0 Å². The first-order valence-electron chi connectivity index (χ1n) is 8.65. The van der Waals surface area contributed by atoms with E-state index in [1.807, 2.05) is 18.3 Å². The number of rotatable bonds is 3. The molecule has 0 spiro atoms. The number of aryl methyl sites for hydroxylation is 1. The summed E-state index contributed by atoms with van der Waals surface area (Å²) in [4.78, 5) is 32.6. The van der Waals surface area contributed by atoms with Crippen molar-refractivity contribution in [2.45, 2.75) is 0 Å². The fourth-order valence-corrected chi connectivity index (χ4v) is 3.09. The summed E-state index contributed by atoms with van der Waals surface area (Å²) < 4.78 is 3.20. The smallest absolute Gasteiger partial charge is 0.263 e. The summed E-state index contributed by atoms with van der Waals surface area (Å²) in [6.45, 7) is 2.33. The number of nitrogens with zero attached hydrogens (tertiary/aromatic N) is 7. The van der Waals surface area contributed by atoms with Crippen molar-refractivity contribution in [2.24, 2.45) is 7.05 Å². The quantitative estimate of drug-likeness (QED) is 0.664. The fraction of sp³-hybridized carbons (Fsp3) is 0.278. The molecule has 0 saturated carbocycles. The molecule has 0 aromatic carbocycles. The van der Waals surface area contributed by atoms with Crippen LogP contribution >= 0.6 is 0 Å². The molecule has 1 fully saturated rings. The standard InChI is InChI=1S/C18H19N7O2/c1-22-7-2-3-14(17(22)26)18(27)24-11-9-23(10-12-24)15-4-5-16(21-20-15)25-8-6-19-13-25/h2-8,13H,9-12H2,1H3. The zero-order chi connectivity index (χ0) is 18.8. The third-order valence-corrected chi connectivity index (χ3v) is 4.65. The lowest BCUT2D eigenvalue weighted by molar-refractivity contribution is 0.0744. The molecule has 0 radical (unpaired) electrons. The highest BCUT2D eigenvalue weighted by Gasteiger charge is 2.24. The zero-order valence-corrected chi connectivity index (χ0v) is 14.9. The van der Waals surface area contributed by atoms with Gasteiger partial charge in [0, 0.05) is 51.8 Å². The van der Waals surface area contributed by atoms with E-state index in [1.165, 1.54) is 4.57 Å². The van der Waals surface area contributed by atoms with Gasteiger partial charge in [0.2, 0.25) is 0 Å². The summed E-state index contributed by atoms with van der Waals surface area (Å²) in [5, 5.41) is 8.51. The molecule has 0 aliphatic carbocycles. The van der Waals surface area contributed by atoms with Gasteiger partial charge in [-0.25, -0.2) is 4.98 Å². The van der Waals surface area contributed by atoms with Crippen LogP contribution in [0.1, 0.15) is 10.4 Å². The van der Waals surface area contributed by atoms with E-state index in [0.717, 1.165) is 5.82 Å². The first-order chi connectivity index (χ1) is 13.1. The topological polar surface area (TPSA) is 89.2 Å². The van der Waals surface area contributed by atoms with Gasteiger partial charge in [-0.2, -0.15) is 0 Å². The Hall–Kier alpha value is -3.49. The summed E-state index contributed by atoms with van der Waals surface area (Å²) in [6.07, 6.45) is 6.80. The van der Waals surface area contributed by atoms with Crippen LogP contribution in [0.3, 0.4) is 0 Å². The summed E-state index contributed by atoms with van der Waals surface area (Å²) in [5.74, 6) is 1.24. The molecule has 0 bridgehead atoms. The molecule has 4 heterocycles. The number of imidazole rings is 1. The van der Waals surface area contributed by atoms with Crippen LogP contribution in [0.5, 0.6) is 0 Å². The maximum Gasteiger partial charge on any atom is 0.263 e. The Morgan fingerprint density at radius 1 is 1.00 bits per heavy atom. The number of pyridine rings is 1. The van der Waals surface area contributed by atoms with E-state index >= 15 is 0 Å². The van der Waals surface area contributed by atoms with Crippen molar-refractivity contribution in [1.82, 2.24) is 29.2 Å². The average molecular weight is 365 g/mol. The van der Waals surface area contributed by atoms with Gasteiger partial charge in [-0.3, -0.25) is 14.2 Å². The maximum absolute atomic E-state index is 12.6. The molecule has 3 aromatic heterocycles. The largest absolute Gasteiger partial charge is 0.352 e. The molecule has 0 N–H and O–H groups in total. The molecule has 1 amide bonds. The molecule has 1 aliphatic rings. The van der Waals surface area contributed by atoms with E-state index in [4.69, 9.17) is 0 Å². The molecule has 4 rings (SSSR count). The Morgan fingerprint density at radius 3 is 2.41 bits per heavy atom. The first-order valence-corrected chi connectivity index (χ1v) is 8.65. The van der Waals surface area contributed by atoms with Crippen molar-refractivity contribution in [3.05, 3.63) is 65.1 Å². The number of amides is 1. The Labute approximate surface area is 155 Å². The van der Waals surface area contributed by atoms with Gasteiger partial charge in [0.05, 0.1) is 0 Å². The number of piperazine rings is 1. The Balaban J connectivity index is 1.42. The SMILES string of the molecule is Cn1cccc(C(=O)N2CCN(c3ccc(-n4ccnc4)nn3)CC2)c1=O. The lowest BCUT2D eigenvalue weighted by Gasteiger charge is -2.35. The van der Waals surface area contributed by atoms with Crippen molar-refractivity contribution in [3.63, 3.8) is 0 Å². The van der Waals surface area contributed by atoms with Crippen LogP contribution < -0.4 is 10.5 Å². The van der Waals surface area contributed by atoms with Gasteiger partial charge in [-0.1, -0.05) is 0 Å². The summed E-state index contributed by atoms with van der Waals surface area (Å²) in [7, 11) is 1.64. The van der Waals surface area contributed by atoms with E-state index in [-0.39, 0.29) is 17.0 Å². The van der Waals surface area contributed by atoms with Gasteiger partial charge >= 0.3 is 0 Å². The molecule has 3 aromatic rings. The van der Waals surface area contributed by atoms with Crippen LogP contribution in [0.25, 0.3) is 5.82 Å². The number of carbonyl (C=O) groups excluding carboxylic acids is 1. The second-order valence-electron chi connectivity index (χ2n) is 6.34. The molecule has 27 heavy (non-hydrogen) atoms. The van der Waals surface area contributed by atoms with Crippen LogP contribution in [0, 0.1) is 0 Å². The second kappa shape index (κ2) is 7.02. The van der Waals surface area contributed by atoms with E-state index in [9.17, 15) is 9.59 Å². The van der Waals surface area contributed by atoms with Crippen molar-refractivity contribution >= 4 is 11.7 Å². The summed E-state index contributed by atoms with van der Waals surface area (Å²) in [6, 6.07) is 7.08. The molecule has 1 aliphatic heterocycles. The van der Waals surface area contributed by atoms with E-state index in [1.54, 1.807) is 47.4 Å². The summed E-state index contributed by atoms with van der Waals surface area (Å²) in [5.41, 5.74) is -0.0659. The minimum absolute atomic E-state index is 0.206. The average Bonchev–Trinajstić information content (AvgIpc) is 3.25. The highest BCUT2D eigenvalue weighted by atomic mass is 16.2. The summed E-state index contributed by atoms with van der Waals surface area (Å²) >= 11 is 0. The Morgan fingerprint density at radius 2 is 1.74 bits per heavy atom. The third-order valence-electron chi connectivity index (χ3n) is 4.65. The fourth-order valence-electron chi connectivity index (χ4n) is 3.09. The molecule has 0 atom stereocenters. The highest BCUT2D eigenvalue weighted by Crippen LogP contribution is 2.15. The van der Waals surface area contributed by atoms with Crippen molar-refractivity contribution in [2.75, 3.05) is 31.1 Å². The first kappa shape index (κ1) is 17.0. The number of anilines is 1. The normalized spacial score (nSPS) is 14.4. The lowest BCUT2D eigenvalue weighted by Crippen LogP contribution is -2.50. The Kier molecular flexibility index (Phi) is 4.41. The number of hydrogen-bond acceptors (Lipinski definition) is 6. The zero-order valence-electron chi connectivity index (χ0n) is 14.9. The van der Waals surface area contributed by atoms with Crippen molar-refractivity contribution in [1.29, 1.82) is 0 Å². The number of aromatic nitrogens is 5.